The van der Waals surface area contributed by atoms with E-state index < -0.39 is 17.5 Å². The van der Waals surface area contributed by atoms with Crippen LogP contribution >= 0.6 is 0 Å². The summed E-state index contributed by atoms with van der Waals surface area (Å²) in [6.45, 7) is 1.90. The quantitative estimate of drug-likeness (QED) is 0.748. The summed E-state index contributed by atoms with van der Waals surface area (Å²) in [4.78, 5) is 39.2. The van der Waals surface area contributed by atoms with Gasteiger partial charge in [-0.05, 0) is 18.1 Å². The lowest BCUT2D eigenvalue weighted by Gasteiger charge is -2.03. The molecule has 0 saturated heterocycles. The highest BCUT2D eigenvalue weighted by atomic mass is 16.5. The fourth-order valence-corrected chi connectivity index (χ4v) is 2.83. The highest BCUT2D eigenvalue weighted by Gasteiger charge is 2.27. The summed E-state index contributed by atoms with van der Waals surface area (Å²) < 4.78 is 9.90. The first-order chi connectivity index (χ1) is 11.6. The highest BCUT2D eigenvalue weighted by Crippen LogP contribution is 2.39. The third kappa shape index (κ3) is 2.42. The molecule has 3 rings (SSSR count). The van der Waals surface area contributed by atoms with Crippen LogP contribution in [0.2, 0.25) is 0 Å². The summed E-state index contributed by atoms with van der Waals surface area (Å²) in [5.74, 6) is -1.19. The van der Waals surface area contributed by atoms with Crippen LogP contribution in [0.3, 0.4) is 0 Å². The topological polar surface area (TPSA) is 85.5 Å². The van der Waals surface area contributed by atoms with Crippen molar-refractivity contribution in [2.45, 2.75) is 6.92 Å². The van der Waals surface area contributed by atoms with E-state index in [0.717, 1.165) is 0 Å². The Labute approximate surface area is 137 Å². The molecule has 2 aliphatic rings. The van der Waals surface area contributed by atoms with Crippen molar-refractivity contribution >= 4 is 22.8 Å². The largest absolute Gasteiger partial charge is 0.465 e. The normalized spacial score (nSPS) is 10.8. The SMILES string of the molecule is CCOC(=O)c1c2cccccc-2c2c(C(=O)OC)cc(=O)[nH]c12. The van der Waals surface area contributed by atoms with E-state index in [2.05, 4.69) is 4.98 Å². The minimum absolute atomic E-state index is 0.114. The Balaban J connectivity index is 2.51. The molecule has 2 aliphatic carbocycles. The number of carbonyl (C=O) groups is 2. The van der Waals surface area contributed by atoms with Gasteiger partial charge >= 0.3 is 11.9 Å². The molecule has 6 nitrogen and oxygen atoms in total. The van der Waals surface area contributed by atoms with E-state index in [0.29, 0.717) is 16.5 Å². The summed E-state index contributed by atoms with van der Waals surface area (Å²) in [6, 6.07) is 10.1. The van der Waals surface area contributed by atoms with E-state index in [1.54, 1.807) is 31.2 Å². The van der Waals surface area contributed by atoms with Gasteiger partial charge in [0, 0.05) is 11.5 Å². The molecule has 0 amide bonds. The molecule has 0 spiro atoms. The average Bonchev–Trinajstić information content (AvgIpc) is 2.71. The zero-order valence-electron chi connectivity index (χ0n) is 13.2. The summed E-state index contributed by atoms with van der Waals surface area (Å²) in [5, 5.41) is 0.468. The number of aromatic nitrogens is 1. The van der Waals surface area contributed by atoms with Gasteiger partial charge in [-0.1, -0.05) is 30.3 Å². The highest BCUT2D eigenvalue weighted by molar-refractivity contribution is 6.21. The monoisotopic (exact) mass is 325 g/mol. The molecular formula is C18H15NO5. The number of hydrogen-bond donors (Lipinski definition) is 1. The number of fused-ring (bicyclic) bond motifs is 3. The second-order valence-electron chi connectivity index (χ2n) is 5.12. The number of hydrogen-bond acceptors (Lipinski definition) is 5. The fourth-order valence-electron chi connectivity index (χ4n) is 2.83. The molecule has 0 aliphatic heterocycles. The predicted octanol–water partition coefficient (Wildman–Crippen LogP) is 2.60. The Morgan fingerprint density at radius 2 is 1.79 bits per heavy atom. The summed E-state index contributed by atoms with van der Waals surface area (Å²) >= 11 is 0. The number of esters is 2. The van der Waals surface area contributed by atoms with Crippen LogP contribution in [0.5, 0.6) is 0 Å². The zero-order valence-corrected chi connectivity index (χ0v) is 13.2. The number of methoxy groups -OCH3 is 1. The minimum Gasteiger partial charge on any atom is -0.465 e. The van der Waals surface area contributed by atoms with Gasteiger partial charge in [-0.15, -0.1) is 0 Å². The van der Waals surface area contributed by atoms with Gasteiger partial charge in [-0.25, -0.2) is 9.59 Å². The maximum Gasteiger partial charge on any atom is 0.340 e. The van der Waals surface area contributed by atoms with Crippen molar-refractivity contribution in [2.75, 3.05) is 13.7 Å². The smallest absolute Gasteiger partial charge is 0.340 e. The molecule has 6 heteroatoms. The standard InChI is InChI=1S/C18H15NO5/c1-3-24-18(22)15-11-8-6-4-5-7-10(11)14-12(17(21)23-2)9-13(20)19-16(14)15/h4-9H,3H2,1-2H3,(H,19,20). The van der Waals surface area contributed by atoms with Gasteiger partial charge in [-0.3, -0.25) is 4.79 Å². The van der Waals surface area contributed by atoms with Gasteiger partial charge in [0.2, 0.25) is 5.56 Å². The zero-order chi connectivity index (χ0) is 17.3. The van der Waals surface area contributed by atoms with Crippen molar-refractivity contribution in [3.8, 4) is 11.1 Å². The van der Waals surface area contributed by atoms with Gasteiger partial charge in [0.1, 0.15) is 0 Å². The van der Waals surface area contributed by atoms with Crippen molar-refractivity contribution in [1.82, 2.24) is 4.98 Å². The van der Waals surface area contributed by atoms with E-state index in [1.165, 1.54) is 13.2 Å². The van der Waals surface area contributed by atoms with E-state index >= 15 is 0 Å². The Morgan fingerprint density at radius 3 is 2.46 bits per heavy atom. The van der Waals surface area contributed by atoms with Crippen LogP contribution in [0, 0.1) is 0 Å². The molecule has 1 aromatic heterocycles. The molecule has 0 aromatic carbocycles. The summed E-state index contributed by atoms with van der Waals surface area (Å²) in [7, 11) is 1.24. The molecular weight excluding hydrogens is 310 g/mol. The van der Waals surface area contributed by atoms with Crippen molar-refractivity contribution in [1.29, 1.82) is 0 Å². The summed E-state index contributed by atoms with van der Waals surface area (Å²) in [6.07, 6.45) is 0. The number of ether oxygens (including phenoxy) is 2. The van der Waals surface area contributed by atoms with Gasteiger partial charge in [0.15, 0.2) is 0 Å². The average molecular weight is 325 g/mol. The van der Waals surface area contributed by atoms with Gasteiger partial charge in [0.05, 0.1) is 30.4 Å². The van der Waals surface area contributed by atoms with E-state index in [9.17, 15) is 14.4 Å². The number of pyridine rings is 1. The molecule has 24 heavy (non-hydrogen) atoms. The van der Waals surface area contributed by atoms with Crippen molar-refractivity contribution in [2.24, 2.45) is 0 Å². The third-order valence-electron chi connectivity index (χ3n) is 3.75. The van der Waals surface area contributed by atoms with E-state index in [1.807, 2.05) is 6.07 Å². The number of nitrogens with one attached hydrogen (secondary N) is 1. The molecule has 1 heterocycles. The molecule has 0 saturated carbocycles. The maximum absolute atomic E-state index is 12.4. The van der Waals surface area contributed by atoms with Crippen LogP contribution in [0.4, 0.5) is 0 Å². The number of H-pyrrole nitrogens is 1. The first-order valence-electron chi connectivity index (χ1n) is 7.41. The van der Waals surface area contributed by atoms with Crippen LogP contribution in [0.15, 0.2) is 41.2 Å². The number of aromatic amines is 1. The molecule has 0 unspecified atom stereocenters. The lowest BCUT2D eigenvalue weighted by molar-refractivity contribution is 0.0528. The molecule has 122 valence electrons. The third-order valence-corrected chi connectivity index (χ3v) is 3.75. The van der Waals surface area contributed by atoms with Crippen molar-refractivity contribution in [3.05, 3.63) is 57.9 Å². The number of rotatable bonds is 3. The number of carbonyl (C=O) groups excluding carboxylic acids is 2. The van der Waals surface area contributed by atoms with E-state index in [4.69, 9.17) is 9.47 Å². The Hall–Kier alpha value is -3.15. The first-order valence-corrected chi connectivity index (χ1v) is 7.41. The second-order valence-corrected chi connectivity index (χ2v) is 5.12. The Kier molecular flexibility index (Phi) is 4.04. The minimum atomic E-state index is -0.639. The van der Waals surface area contributed by atoms with Gasteiger partial charge in [0.25, 0.3) is 0 Å². The van der Waals surface area contributed by atoms with Crippen LogP contribution in [0.1, 0.15) is 27.6 Å². The Bertz CT molecular complexity index is 973. The van der Waals surface area contributed by atoms with Crippen LogP contribution in [0.25, 0.3) is 22.0 Å². The van der Waals surface area contributed by atoms with Gasteiger partial charge < -0.3 is 14.5 Å². The predicted molar refractivity (Wildman–Crippen MR) is 88.5 cm³/mol. The van der Waals surface area contributed by atoms with Crippen LogP contribution < -0.4 is 5.56 Å². The maximum atomic E-state index is 12.4. The van der Waals surface area contributed by atoms with Crippen LogP contribution in [-0.4, -0.2) is 30.6 Å². The molecule has 1 N–H and O–H groups in total. The lowest BCUT2D eigenvalue weighted by Crippen LogP contribution is -2.12. The first kappa shape index (κ1) is 15.7. The van der Waals surface area contributed by atoms with Crippen molar-refractivity contribution in [3.63, 3.8) is 0 Å². The van der Waals surface area contributed by atoms with Gasteiger partial charge in [-0.2, -0.15) is 0 Å². The molecule has 0 atom stereocenters. The second kappa shape index (κ2) is 6.16. The van der Waals surface area contributed by atoms with E-state index in [-0.39, 0.29) is 23.3 Å². The van der Waals surface area contributed by atoms with Crippen molar-refractivity contribution < 1.29 is 19.1 Å². The molecule has 0 radical (unpaired) electrons. The molecule has 0 bridgehead atoms. The van der Waals surface area contributed by atoms with Crippen LogP contribution in [-0.2, 0) is 9.47 Å². The molecule has 0 fully saturated rings. The molecule has 1 aromatic rings. The fraction of sp³-hybridized carbons (Fsp3) is 0.167. The summed E-state index contributed by atoms with van der Waals surface area (Å²) in [5.41, 5.74) is 1.40. The lowest BCUT2D eigenvalue weighted by atomic mass is 10.1. The Morgan fingerprint density at radius 1 is 1.08 bits per heavy atom.